The average Bonchev–Trinajstić information content (AvgIpc) is 2.94. The Morgan fingerprint density at radius 3 is 2.17 bits per heavy atom. The maximum absolute atomic E-state index is 15.1. The molecule has 0 bridgehead atoms. The van der Waals surface area contributed by atoms with Crippen LogP contribution in [0.25, 0.3) is 10.9 Å². The highest BCUT2D eigenvalue weighted by molar-refractivity contribution is 6.36. The number of hydrogen-bond donors (Lipinski definition) is 2. The zero-order valence-corrected chi connectivity index (χ0v) is 24.0. The second-order valence-electron chi connectivity index (χ2n) is 9.97. The zero-order valence-electron chi connectivity index (χ0n) is 22.3. The number of hydrogen-bond acceptors (Lipinski definition) is 5. The molecule has 0 aliphatic rings. The van der Waals surface area contributed by atoms with Crippen LogP contribution in [0, 0.1) is 5.82 Å². The van der Waals surface area contributed by atoms with Gasteiger partial charge in [-0.05, 0) is 29.3 Å². The molecule has 0 aliphatic heterocycles. The van der Waals surface area contributed by atoms with Crippen molar-refractivity contribution in [1.82, 2.24) is 4.98 Å². The largest absolute Gasteiger partial charge is 0.539 e. The maximum atomic E-state index is 15.1. The number of nitrogens with zero attached hydrogens (tertiary/aromatic N) is 1. The van der Waals surface area contributed by atoms with Crippen molar-refractivity contribution in [3.05, 3.63) is 119 Å². The SMILES string of the molecule is COc1cc2c(Nc3cc(O[Si]C(C)(C)C(c4ccccc4)c4ccccc4)c(Cl)cc3F)ccnc2cc1O. The molecule has 2 radical (unpaired) electrons. The summed E-state index contributed by atoms with van der Waals surface area (Å²) >= 11 is 6.46. The number of halogens is 2. The lowest BCUT2D eigenvalue weighted by Gasteiger charge is -2.34. The summed E-state index contributed by atoms with van der Waals surface area (Å²) in [6, 6.07) is 28.4. The summed E-state index contributed by atoms with van der Waals surface area (Å²) in [6.07, 6.45) is 1.58. The van der Waals surface area contributed by atoms with Gasteiger partial charge in [0.2, 0.25) is 0 Å². The number of benzene rings is 4. The number of phenols is 1. The van der Waals surface area contributed by atoms with Crippen LogP contribution in [-0.2, 0) is 0 Å². The number of pyridine rings is 1. The molecule has 202 valence electrons. The molecule has 0 saturated heterocycles. The van der Waals surface area contributed by atoms with Crippen molar-refractivity contribution in [3.63, 3.8) is 0 Å². The Bertz CT molecular complexity index is 1600. The van der Waals surface area contributed by atoms with Crippen LogP contribution < -0.4 is 14.5 Å². The van der Waals surface area contributed by atoms with E-state index in [9.17, 15) is 5.11 Å². The summed E-state index contributed by atoms with van der Waals surface area (Å²) in [5.41, 5.74) is 3.70. The Kier molecular flexibility index (Phi) is 7.96. The van der Waals surface area contributed by atoms with E-state index in [1.54, 1.807) is 24.4 Å². The molecule has 2 N–H and O–H groups in total. The van der Waals surface area contributed by atoms with E-state index < -0.39 is 5.82 Å². The molecular formula is C32H28ClFN2O3Si. The maximum Gasteiger partial charge on any atom is 0.318 e. The van der Waals surface area contributed by atoms with Crippen molar-refractivity contribution in [2.75, 3.05) is 12.4 Å². The van der Waals surface area contributed by atoms with Gasteiger partial charge in [-0.25, -0.2) is 4.39 Å². The first-order valence-corrected chi connectivity index (χ1v) is 14.0. The number of rotatable bonds is 9. The molecule has 5 rings (SSSR count). The molecule has 4 aromatic carbocycles. The van der Waals surface area contributed by atoms with E-state index in [0.717, 1.165) is 0 Å². The van der Waals surface area contributed by atoms with Crippen LogP contribution in [0.5, 0.6) is 17.2 Å². The van der Waals surface area contributed by atoms with Crippen molar-refractivity contribution in [3.8, 4) is 17.2 Å². The van der Waals surface area contributed by atoms with Crippen LogP contribution >= 0.6 is 11.6 Å². The summed E-state index contributed by atoms with van der Waals surface area (Å²) in [6.45, 7) is 4.33. The topological polar surface area (TPSA) is 63.6 Å². The molecule has 1 aromatic heterocycles. The summed E-state index contributed by atoms with van der Waals surface area (Å²) in [7, 11) is 1.48. The van der Waals surface area contributed by atoms with Gasteiger partial charge in [-0.1, -0.05) is 86.1 Å². The van der Waals surface area contributed by atoms with Crippen LogP contribution in [0.2, 0.25) is 10.1 Å². The summed E-state index contributed by atoms with van der Waals surface area (Å²) in [5.74, 6) is 0.187. The fraction of sp³-hybridized carbons (Fsp3) is 0.156. The molecule has 5 nitrogen and oxygen atoms in total. The van der Waals surface area contributed by atoms with E-state index >= 15 is 4.39 Å². The third-order valence-electron chi connectivity index (χ3n) is 6.74. The number of anilines is 2. The second kappa shape index (κ2) is 11.6. The predicted molar refractivity (Wildman–Crippen MR) is 160 cm³/mol. The lowest BCUT2D eigenvalue weighted by atomic mass is 9.82. The number of nitrogens with one attached hydrogen (secondary N) is 1. The second-order valence-corrected chi connectivity index (χ2v) is 12.1. The first-order valence-electron chi connectivity index (χ1n) is 12.7. The summed E-state index contributed by atoms with van der Waals surface area (Å²) in [5, 5.41) is 13.8. The van der Waals surface area contributed by atoms with Gasteiger partial charge in [0.05, 0.1) is 23.3 Å². The van der Waals surface area contributed by atoms with Gasteiger partial charge in [0, 0.05) is 40.4 Å². The van der Waals surface area contributed by atoms with Crippen molar-refractivity contribution >= 4 is 43.6 Å². The number of ether oxygens (including phenoxy) is 1. The van der Waals surface area contributed by atoms with Crippen LogP contribution in [0.4, 0.5) is 15.8 Å². The fourth-order valence-corrected chi connectivity index (χ4v) is 6.09. The van der Waals surface area contributed by atoms with E-state index in [-0.39, 0.29) is 37.2 Å². The number of aromatic hydroxyl groups is 1. The Balaban J connectivity index is 1.44. The monoisotopic (exact) mass is 570 g/mol. The van der Waals surface area contributed by atoms with Crippen LogP contribution in [0.1, 0.15) is 30.9 Å². The number of aromatic nitrogens is 1. The zero-order chi connectivity index (χ0) is 28.3. The molecule has 0 spiro atoms. The Hall–Kier alpha value is -4.07. The van der Waals surface area contributed by atoms with E-state index in [4.69, 9.17) is 20.8 Å². The van der Waals surface area contributed by atoms with Gasteiger partial charge >= 0.3 is 9.76 Å². The van der Waals surface area contributed by atoms with Gasteiger partial charge in [-0.15, -0.1) is 0 Å². The molecule has 1 heterocycles. The van der Waals surface area contributed by atoms with Crippen LogP contribution in [0.3, 0.4) is 0 Å². The molecule has 5 aromatic rings. The van der Waals surface area contributed by atoms with Crippen molar-refractivity contribution in [2.45, 2.75) is 24.8 Å². The highest BCUT2D eigenvalue weighted by Crippen LogP contribution is 2.46. The minimum Gasteiger partial charge on any atom is -0.539 e. The number of methoxy groups -OCH3 is 1. The van der Waals surface area contributed by atoms with Crippen molar-refractivity contribution < 1.29 is 18.7 Å². The number of fused-ring (bicyclic) bond motifs is 1. The normalized spacial score (nSPS) is 11.6. The Labute approximate surface area is 240 Å². The minimum absolute atomic E-state index is 0.0174. The molecule has 0 atom stereocenters. The van der Waals surface area contributed by atoms with Crippen LogP contribution in [0.15, 0.2) is 97.2 Å². The quantitative estimate of drug-likeness (QED) is 0.174. The van der Waals surface area contributed by atoms with Gasteiger partial charge in [0.25, 0.3) is 0 Å². The molecule has 8 heteroatoms. The van der Waals surface area contributed by atoms with E-state index in [2.05, 4.69) is 48.4 Å². The van der Waals surface area contributed by atoms with Crippen molar-refractivity contribution in [1.29, 1.82) is 0 Å². The molecule has 0 fully saturated rings. The van der Waals surface area contributed by atoms with E-state index in [1.165, 1.54) is 30.4 Å². The Morgan fingerprint density at radius 1 is 0.900 bits per heavy atom. The predicted octanol–water partition coefficient (Wildman–Crippen LogP) is 8.51. The third kappa shape index (κ3) is 5.76. The molecular weight excluding hydrogens is 543 g/mol. The fourth-order valence-electron chi connectivity index (χ4n) is 4.84. The van der Waals surface area contributed by atoms with Crippen molar-refractivity contribution in [2.24, 2.45) is 0 Å². The molecule has 0 saturated carbocycles. The van der Waals surface area contributed by atoms with Gasteiger partial charge in [0.15, 0.2) is 11.5 Å². The highest BCUT2D eigenvalue weighted by atomic mass is 35.5. The molecule has 0 amide bonds. The first kappa shape index (κ1) is 27.5. The van der Waals surface area contributed by atoms with E-state index in [0.29, 0.717) is 28.1 Å². The smallest absolute Gasteiger partial charge is 0.318 e. The van der Waals surface area contributed by atoms with Gasteiger partial charge in [-0.2, -0.15) is 0 Å². The average molecular weight is 571 g/mol. The summed E-state index contributed by atoms with van der Waals surface area (Å²) < 4.78 is 26.7. The first-order chi connectivity index (χ1) is 19.3. The Morgan fingerprint density at radius 2 is 1.55 bits per heavy atom. The van der Waals surface area contributed by atoms with Gasteiger partial charge in [0.1, 0.15) is 11.6 Å². The minimum atomic E-state index is -0.526. The van der Waals surface area contributed by atoms with Crippen LogP contribution in [-0.4, -0.2) is 27.0 Å². The third-order valence-corrected chi connectivity index (χ3v) is 8.18. The van der Waals surface area contributed by atoms with E-state index in [1.807, 2.05) is 36.4 Å². The van der Waals surface area contributed by atoms with Gasteiger partial charge < -0.3 is 19.6 Å². The molecule has 0 aliphatic carbocycles. The summed E-state index contributed by atoms with van der Waals surface area (Å²) in [4.78, 5) is 4.30. The van der Waals surface area contributed by atoms with Gasteiger partial charge in [-0.3, -0.25) is 4.98 Å². The lowest BCUT2D eigenvalue weighted by molar-refractivity contribution is 0.374. The lowest BCUT2D eigenvalue weighted by Crippen LogP contribution is -2.27. The standard InChI is InChI=1S/C32H28ClFN2O3Si/c1-32(2,31(20-10-6-4-7-11-20)21-12-8-5-9-13-21)40-39-29-19-27(24(34)17-23(29)33)36-25-14-15-35-26-18-28(37)30(38-3)16-22(25)26/h4-19,31,37H,1-3H3,(H,35,36). The highest BCUT2D eigenvalue weighted by Gasteiger charge is 2.35. The number of phenolic OH excluding ortho intramolecular Hbond substituents is 1. The molecule has 40 heavy (non-hydrogen) atoms. The molecule has 0 unspecified atom stereocenters.